The van der Waals surface area contributed by atoms with Gasteiger partial charge in [0.25, 0.3) is 5.95 Å². The first kappa shape index (κ1) is 17.7. The quantitative estimate of drug-likeness (QED) is 0.765. The molecule has 0 fully saturated rings. The van der Waals surface area contributed by atoms with E-state index in [1.807, 2.05) is 20.8 Å². The topological polar surface area (TPSA) is 86.8 Å². The summed E-state index contributed by atoms with van der Waals surface area (Å²) in [4.78, 5) is 15.3. The lowest BCUT2D eigenvalue weighted by Gasteiger charge is -2.23. The Morgan fingerprint density at radius 2 is 1.73 bits per heavy atom. The smallest absolute Gasteiger partial charge is 0.321 e. The van der Waals surface area contributed by atoms with Crippen molar-refractivity contribution in [2.45, 2.75) is 26.2 Å². The number of aromatic nitrogens is 4. The lowest BCUT2D eigenvalue weighted by atomic mass is 9.85. The summed E-state index contributed by atoms with van der Waals surface area (Å²) in [5.41, 5.74) is 5.57. The Hall–Kier alpha value is -3.16. The molecule has 3 rings (SSSR count). The van der Waals surface area contributed by atoms with Gasteiger partial charge in [-0.2, -0.15) is 4.39 Å². The second-order valence-electron chi connectivity index (χ2n) is 6.62. The molecule has 0 aliphatic carbocycles. The van der Waals surface area contributed by atoms with E-state index in [0.717, 1.165) is 0 Å². The maximum absolute atomic E-state index is 15.3. The SMILES string of the molecule is CC(C)(C)c1ccc(-c2cnc(N)c(F)n2)c(F)c1Oc1ncccn1. The third kappa shape index (κ3) is 3.44. The molecule has 2 aromatic heterocycles. The van der Waals surface area contributed by atoms with Gasteiger partial charge in [-0.15, -0.1) is 0 Å². The zero-order valence-electron chi connectivity index (χ0n) is 14.5. The van der Waals surface area contributed by atoms with Crippen molar-refractivity contribution in [3.05, 3.63) is 54.1 Å². The molecule has 2 N–H and O–H groups in total. The van der Waals surface area contributed by atoms with Gasteiger partial charge in [0, 0.05) is 23.5 Å². The van der Waals surface area contributed by atoms with Gasteiger partial charge in [-0.25, -0.2) is 24.3 Å². The molecule has 8 heteroatoms. The van der Waals surface area contributed by atoms with Gasteiger partial charge < -0.3 is 10.5 Å². The minimum atomic E-state index is -0.962. The van der Waals surface area contributed by atoms with E-state index in [1.54, 1.807) is 12.1 Å². The molecule has 0 radical (unpaired) electrons. The lowest BCUT2D eigenvalue weighted by molar-refractivity contribution is 0.394. The van der Waals surface area contributed by atoms with Crippen molar-refractivity contribution >= 4 is 5.82 Å². The molecule has 6 nitrogen and oxygen atoms in total. The highest BCUT2D eigenvalue weighted by Crippen LogP contribution is 2.39. The van der Waals surface area contributed by atoms with Crippen molar-refractivity contribution in [2.24, 2.45) is 0 Å². The van der Waals surface area contributed by atoms with E-state index in [1.165, 1.54) is 24.7 Å². The van der Waals surface area contributed by atoms with E-state index in [-0.39, 0.29) is 28.8 Å². The second kappa shape index (κ2) is 6.62. The van der Waals surface area contributed by atoms with Crippen LogP contribution in [-0.4, -0.2) is 19.9 Å². The van der Waals surface area contributed by atoms with E-state index in [9.17, 15) is 4.39 Å². The highest BCUT2D eigenvalue weighted by atomic mass is 19.1. The van der Waals surface area contributed by atoms with Crippen molar-refractivity contribution in [1.29, 1.82) is 0 Å². The minimum Gasteiger partial charge on any atom is -0.421 e. The van der Waals surface area contributed by atoms with Crippen molar-refractivity contribution in [2.75, 3.05) is 5.73 Å². The standard InChI is InChI=1S/C18H17F2N5O/c1-18(2,3)11-6-5-10(12-9-24-16(21)15(20)25-12)13(19)14(11)26-17-22-7-4-8-23-17/h4-9H,1-3H3,(H2,21,24). The molecule has 0 aliphatic rings. The predicted molar refractivity (Wildman–Crippen MR) is 92.6 cm³/mol. The van der Waals surface area contributed by atoms with Gasteiger partial charge in [-0.3, -0.25) is 0 Å². The number of nitrogens with two attached hydrogens (primary N) is 1. The van der Waals surface area contributed by atoms with Gasteiger partial charge in [-0.05, 0) is 17.5 Å². The number of ether oxygens (including phenoxy) is 1. The zero-order valence-corrected chi connectivity index (χ0v) is 14.5. The monoisotopic (exact) mass is 357 g/mol. The number of nitrogens with zero attached hydrogens (tertiary/aromatic N) is 4. The van der Waals surface area contributed by atoms with Gasteiger partial charge in [0.05, 0.1) is 11.9 Å². The van der Waals surface area contributed by atoms with Crippen LogP contribution in [0.5, 0.6) is 11.8 Å². The largest absolute Gasteiger partial charge is 0.421 e. The molecule has 1 aromatic carbocycles. The molecular formula is C18H17F2N5O. The summed E-state index contributed by atoms with van der Waals surface area (Å²) in [6.45, 7) is 5.76. The fourth-order valence-electron chi connectivity index (χ4n) is 2.38. The number of nitrogen functional groups attached to an aromatic ring is 1. The van der Waals surface area contributed by atoms with Gasteiger partial charge >= 0.3 is 6.01 Å². The summed E-state index contributed by atoms with van der Waals surface area (Å²) in [6, 6.07) is 4.83. The van der Waals surface area contributed by atoms with E-state index in [0.29, 0.717) is 5.56 Å². The van der Waals surface area contributed by atoms with E-state index < -0.39 is 17.2 Å². The average Bonchev–Trinajstić information content (AvgIpc) is 2.59. The highest BCUT2D eigenvalue weighted by Gasteiger charge is 2.26. The highest BCUT2D eigenvalue weighted by molar-refractivity contribution is 5.64. The first-order valence-corrected chi connectivity index (χ1v) is 7.83. The molecule has 0 aliphatic heterocycles. The lowest BCUT2D eigenvalue weighted by Crippen LogP contribution is -2.14. The fraction of sp³-hybridized carbons (Fsp3) is 0.222. The molecule has 134 valence electrons. The second-order valence-corrected chi connectivity index (χ2v) is 6.62. The molecule has 26 heavy (non-hydrogen) atoms. The van der Waals surface area contributed by atoms with Crippen LogP contribution in [-0.2, 0) is 5.41 Å². The third-order valence-electron chi connectivity index (χ3n) is 3.67. The van der Waals surface area contributed by atoms with Crippen LogP contribution in [0.2, 0.25) is 0 Å². The van der Waals surface area contributed by atoms with Gasteiger partial charge in [0.1, 0.15) is 0 Å². The molecule has 0 spiro atoms. The van der Waals surface area contributed by atoms with Crippen LogP contribution in [0.4, 0.5) is 14.6 Å². The van der Waals surface area contributed by atoms with Crippen LogP contribution >= 0.6 is 0 Å². The Morgan fingerprint density at radius 3 is 2.35 bits per heavy atom. The Morgan fingerprint density at radius 1 is 1.04 bits per heavy atom. The summed E-state index contributed by atoms with van der Waals surface area (Å²) in [6.07, 6.45) is 4.18. The number of hydrogen-bond acceptors (Lipinski definition) is 6. The molecular weight excluding hydrogens is 340 g/mol. The van der Waals surface area contributed by atoms with Crippen molar-refractivity contribution < 1.29 is 13.5 Å². The number of anilines is 1. The first-order valence-electron chi connectivity index (χ1n) is 7.83. The minimum absolute atomic E-state index is 0.00335. The maximum atomic E-state index is 15.3. The van der Waals surface area contributed by atoms with Crippen LogP contribution in [0.3, 0.4) is 0 Å². The molecule has 2 heterocycles. The van der Waals surface area contributed by atoms with Crippen molar-refractivity contribution in [3.8, 4) is 23.0 Å². The normalized spacial score (nSPS) is 11.4. The van der Waals surface area contributed by atoms with Crippen LogP contribution in [0.15, 0.2) is 36.8 Å². The molecule has 3 aromatic rings. The van der Waals surface area contributed by atoms with E-state index >= 15 is 4.39 Å². The molecule has 0 saturated heterocycles. The summed E-state index contributed by atoms with van der Waals surface area (Å²) in [7, 11) is 0. The van der Waals surface area contributed by atoms with Crippen molar-refractivity contribution in [1.82, 2.24) is 19.9 Å². The van der Waals surface area contributed by atoms with Gasteiger partial charge in [-0.1, -0.05) is 26.8 Å². The third-order valence-corrected chi connectivity index (χ3v) is 3.67. The molecule has 0 atom stereocenters. The molecule has 0 amide bonds. The summed E-state index contributed by atoms with van der Waals surface area (Å²) < 4.78 is 34.5. The summed E-state index contributed by atoms with van der Waals surface area (Å²) in [5.74, 6) is -2.06. The average molecular weight is 357 g/mol. The van der Waals surface area contributed by atoms with Gasteiger partial charge in [0.2, 0.25) is 0 Å². The van der Waals surface area contributed by atoms with Crippen LogP contribution in [0, 0.1) is 11.8 Å². The Balaban J connectivity index is 2.16. The number of benzene rings is 1. The van der Waals surface area contributed by atoms with Gasteiger partial charge in [0.15, 0.2) is 17.4 Å². The predicted octanol–water partition coefficient (Wildman–Crippen LogP) is 3.88. The number of hydrogen-bond donors (Lipinski definition) is 1. The molecule has 0 saturated carbocycles. The van der Waals surface area contributed by atoms with Crippen molar-refractivity contribution in [3.63, 3.8) is 0 Å². The summed E-state index contributed by atoms with van der Waals surface area (Å²) in [5, 5.41) is 0. The van der Waals surface area contributed by atoms with Crippen LogP contribution in [0.25, 0.3) is 11.3 Å². The Bertz CT molecular complexity index is 942. The molecule has 0 unspecified atom stereocenters. The fourth-order valence-corrected chi connectivity index (χ4v) is 2.38. The Labute approximate surface area is 149 Å². The number of halogens is 2. The summed E-state index contributed by atoms with van der Waals surface area (Å²) >= 11 is 0. The van der Waals surface area contributed by atoms with Crippen LogP contribution in [0.1, 0.15) is 26.3 Å². The zero-order chi connectivity index (χ0) is 18.9. The van der Waals surface area contributed by atoms with E-state index in [2.05, 4.69) is 19.9 Å². The maximum Gasteiger partial charge on any atom is 0.321 e. The molecule has 0 bridgehead atoms. The Kier molecular flexibility index (Phi) is 4.50. The van der Waals surface area contributed by atoms with Crippen LogP contribution < -0.4 is 10.5 Å². The first-order chi connectivity index (χ1) is 12.3. The number of rotatable bonds is 3. The van der Waals surface area contributed by atoms with E-state index in [4.69, 9.17) is 10.5 Å².